The van der Waals surface area contributed by atoms with Gasteiger partial charge < -0.3 is 21.7 Å². The number of phenolic OH excluding ortho intramolecular Hbond substituents is 1. The number of hydrogen-bond donors (Lipinski definition) is 4. The first kappa shape index (κ1) is 8.90. The minimum absolute atomic E-state index is 0.00537. The Kier molecular flexibility index (Phi) is 1.86. The van der Waals surface area contributed by atoms with Crippen LogP contribution in [-0.2, 0) is 0 Å². The predicted molar refractivity (Wildman–Crippen MR) is 54.5 cm³/mol. The summed E-state index contributed by atoms with van der Waals surface area (Å²) in [6, 6.07) is 3.26. The lowest BCUT2D eigenvalue weighted by Crippen LogP contribution is -2.39. The summed E-state index contributed by atoms with van der Waals surface area (Å²) in [7, 11) is 0. The summed E-state index contributed by atoms with van der Waals surface area (Å²) in [6.45, 7) is 0. The fourth-order valence-corrected chi connectivity index (χ4v) is 1.65. The van der Waals surface area contributed by atoms with Gasteiger partial charge in [0.25, 0.3) is 0 Å². The van der Waals surface area contributed by atoms with Gasteiger partial charge >= 0.3 is 0 Å². The van der Waals surface area contributed by atoms with Gasteiger partial charge in [0.15, 0.2) is 0 Å². The number of anilines is 1. The Bertz CT molecular complexity index is 494. The average molecular weight is 192 g/mol. The Balaban J connectivity index is 2.93. The molecule has 0 spiro atoms. The molecule has 0 radical (unpaired) electrons. The first-order valence-corrected chi connectivity index (χ1v) is 4.36. The molecule has 74 valence electrons. The zero-order valence-corrected chi connectivity index (χ0v) is 7.57. The fourth-order valence-electron chi connectivity index (χ4n) is 1.65. The molecule has 1 aliphatic rings. The second kappa shape index (κ2) is 2.92. The van der Waals surface area contributed by atoms with Crippen molar-refractivity contribution in [3.8, 4) is 5.75 Å². The van der Waals surface area contributed by atoms with Crippen molar-refractivity contribution in [2.24, 2.45) is 5.73 Å². The Labute approximate surface area is 80.8 Å². The van der Waals surface area contributed by atoms with Crippen molar-refractivity contribution < 1.29 is 10.2 Å². The largest absolute Gasteiger partial charge is 0.506 e. The van der Waals surface area contributed by atoms with Gasteiger partial charge in [-0.05, 0) is 17.7 Å². The van der Waals surface area contributed by atoms with Crippen molar-refractivity contribution in [3.63, 3.8) is 0 Å². The van der Waals surface area contributed by atoms with E-state index in [9.17, 15) is 10.2 Å². The van der Waals surface area contributed by atoms with E-state index in [1.165, 1.54) is 6.07 Å². The molecule has 6 N–H and O–H groups in total. The number of phenols is 1. The smallest absolute Gasteiger partial charge is 0.139 e. The van der Waals surface area contributed by atoms with Crippen LogP contribution in [0.1, 0.15) is 6.42 Å². The maximum atomic E-state index is 9.51. The number of benzene rings is 1. The second-order valence-corrected chi connectivity index (χ2v) is 3.37. The Morgan fingerprint density at radius 2 is 2.00 bits per heavy atom. The lowest BCUT2D eigenvalue weighted by Gasteiger charge is -2.15. The van der Waals surface area contributed by atoms with Crippen LogP contribution >= 0.6 is 0 Å². The van der Waals surface area contributed by atoms with Gasteiger partial charge in [-0.2, -0.15) is 0 Å². The van der Waals surface area contributed by atoms with Crippen molar-refractivity contribution in [3.05, 3.63) is 22.6 Å². The molecule has 0 amide bonds. The zero-order valence-electron chi connectivity index (χ0n) is 7.57. The van der Waals surface area contributed by atoms with Gasteiger partial charge in [-0.25, -0.2) is 0 Å². The summed E-state index contributed by atoms with van der Waals surface area (Å²) in [5, 5.41) is 20.3. The van der Waals surface area contributed by atoms with Gasteiger partial charge in [0.1, 0.15) is 5.75 Å². The number of nitrogens with two attached hydrogens (primary N) is 2. The summed E-state index contributed by atoms with van der Waals surface area (Å²) in [5.41, 5.74) is 12.0. The van der Waals surface area contributed by atoms with E-state index in [4.69, 9.17) is 11.5 Å². The van der Waals surface area contributed by atoms with Crippen LogP contribution in [0.5, 0.6) is 5.75 Å². The number of nitrogen functional groups attached to an aromatic ring is 1. The maximum Gasteiger partial charge on any atom is 0.139 e. The molecule has 4 heteroatoms. The third-order valence-corrected chi connectivity index (χ3v) is 2.46. The van der Waals surface area contributed by atoms with E-state index in [1.807, 2.05) is 6.08 Å². The second-order valence-electron chi connectivity index (χ2n) is 3.37. The van der Waals surface area contributed by atoms with Gasteiger partial charge in [-0.1, -0.05) is 12.1 Å². The molecule has 0 saturated heterocycles. The molecular formula is C10H12N2O2. The van der Waals surface area contributed by atoms with Crippen molar-refractivity contribution in [2.75, 3.05) is 5.73 Å². The molecule has 1 unspecified atom stereocenters. The standard InChI is InChI=1S/C10H12N2O2/c11-9-6(13)3-1-5-2-4-7(14)10(12)8(5)9/h1-3,7,13-14H,4,11-12H2. The van der Waals surface area contributed by atoms with Crippen molar-refractivity contribution in [2.45, 2.75) is 12.5 Å². The van der Waals surface area contributed by atoms with Crippen LogP contribution in [-0.4, -0.2) is 16.3 Å². The van der Waals surface area contributed by atoms with Crippen molar-refractivity contribution in [1.82, 2.24) is 0 Å². The van der Waals surface area contributed by atoms with Crippen LogP contribution in [0.2, 0.25) is 0 Å². The quantitative estimate of drug-likeness (QED) is 0.300. The highest BCUT2D eigenvalue weighted by molar-refractivity contribution is 5.64. The van der Waals surface area contributed by atoms with Gasteiger partial charge in [-0.3, -0.25) is 0 Å². The van der Waals surface area contributed by atoms with Crippen molar-refractivity contribution >= 4 is 17.5 Å². The van der Waals surface area contributed by atoms with Crippen LogP contribution in [0, 0.1) is 0 Å². The molecule has 0 aromatic heterocycles. The van der Waals surface area contributed by atoms with E-state index in [0.717, 1.165) is 5.22 Å². The van der Waals surface area contributed by atoms with Gasteiger partial charge in [0.2, 0.25) is 0 Å². The number of aliphatic hydroxyl groups is 1. The molecule has 0 saturated carbocycles. The molecule has 1 aromatic rings. The zero-order chi connectivity index (χ0) is 10.3. The maximum absolute atomic E-state index is 9.51. The molecule has 4 nitrogen and oxygen atoms in total. The predicted octanol–water partition coefficient (Wildman–Crippen LogP) is -1.41. The average Bonchev–Trinajstić information content (AvgIpc) is 2.17. The lowest BCUT2D eigenvalue weighted by molar-refractivity contribution is 0.235. The molecule has 0 fully saturated rings. The van der Waals surface area contributed by atoms with Crippen LogP contribution in [0.25, 0.3) is 11.8 Å². The molecule has 0 aliphatic heterocycles. The highest BCUT2D eigenvalue weighted by atomic mass is 16.3. The van der Waals surface area contributed by atoms with E-state index in [1.54, 1.807) is 6.07 Å². The summed E-state index contributed by atoms with van der Waals surface area (Å²) in [6.07, 6.45) is 1.64. The Hall–Kier alpha value is -1.68. The molecule has 1 atom stereocenters. The van der Waals surface area contributed by atoms with E-state index in [0.29, 0.717) is 17.3 Å². The SMILES string of the molecule is NC1=c2c(N)c(O)ccc2=CCC1O. The van der Waals surface area contributed by atoms with E-state index in [-0.39, 0.29) is 11.4 Å². The minimum Gasteiger partial charge on any atom is -0.506 e. The summed E-state index contributed by atoms with van der Waals surface area (Å²) in [5.74, 6) is -0.00537. The van der Waals surface area contributed by atoms with Crippen LogP contribution in [0.4, 0.5) is 5.69 Å². The van der Waals surface area contributed by atoms with E-state index < -0.39 is 6.10 Å². The minimum atomic E-state index is -0.702. The number of aromatic hydroxyl groups is 1. The summed E-state index contributed by atoms with van der Waals surface area (Å²) >= 11 is 0. The molecule has 2 rings (SSSR count). The van der Waals surface area contributed by atoms with Gasteiger partial charge in [0, 0.05) is 10.9 Å². The third-order valence-electron chi connectivity index (χ3n) is 2.46. The molecule has 1 aromatic carbocycles. The molecule has 1 aliphatic carbocycles. The number of hydrogen-bond acceptors (Lipinski definition) is 4. The highest BCUT2D eigenvalue weighted by Gasteiger charge is 2.14. The van der Waals surface area contributed by atoms with Gasteiger partial charge in [0.05, 0.1) is 11.8 Å². The van der Waals surface area contributed by atoms with Crippen LogP contribution in [0.15, 0.2) is 12.1 Å². The lowest BCUT2D eigenvalue weighted by atomic mass is 10.0. The Morgan fingerprint density at radius 3 is 2.71 bits per heavy atom. The number of rotatable bonds is 0. The molecule has 0 heterocycles. The topological polar surface area (TPSA) is 92.5 Å². The van der Waals surface area contributed by atoms with Gasteiger partial charge in [-0.15, -0.1) is 0 Å². The Morgan fingerprint density at radius 1 is 1.29 bits per heavy atom. The van der Waals surface area contributed by atoms with Crippen LogP contribution in [0.3, 0.4) is 0 Å². The van der Waals surface area contributed by atoms with E-state index in [2.05, 4.69) is 0 Å². The van der Waals surface area contributed by atoms with Crippen molar-refractivity contribution in [1.29, 1.82) is 0 Å². The molecule has 0 bridgehead atoms. The first-order chi connectivity index (χ1) is 6.61. The highest BCUT2D eigenvalue weighted by Crippen LogP contribution is 2.14. The monoisotopic (exact) mass is 192 g/mol. The normalized spacial score (nSPS) is 20.1. The summed E-state index contributed by atoms with van der Waals surface area (Å²) < 4.78 is 0. The molecule has 14 heavy (non-hydrogen) atoms. The number of fused-ring (bicyclic) bond motifs is 1. The van der Waals surface area contributed by atoms with E-state index >= 15 is 0 Å². The number of aliphatic hydroxyl groups excluding tert-OH is 1. The summed E-state index contributed by atoms with van der Waals surface area (Å²) in [4.78, 5) is 0. The third kappa shape index (κ3) is 1.12. The fraction of sp³-hybridized carbons (Fsp3) is 0.200. The molecular weight excluding hydrogens is 180 g/mol. The van der Waals surface area contributed by atoms with Crippen LogP contribution < -0.4 is 21.9 Å². The first-order valence-electron chi connectivity index (χ1n) is 4.36.